The Kier molecular flexibility index (Phi) is 5.24. The number of para-hydroxylation sites is 1. The number of thioether (sulfide) groups is 1. The van der Waals surface area contributed by atoms with E-state index in [-0.39, 0.29) is 10.7 Å². The molecule has 0 aliphatic carbocycles. The van der Waals surface area contributed by atoms with Crippen molar-refractivity contribution in [2.45, 2.75) is 18.6 Å². The number of thiocarbonyl (C=S) groups is 1. The minimum Gasteiger partial charge on any atom is -0.389 e. The Bertz CT molecular complexity index is 545. The SMILES string of the molecule is CC1(C)CN(CC(=O)Nc2ccccc2C(N)=S)CCS1. The highest BCUT2D eigenvalue weighted by Gasteiger charge is 2.27. The fourth-order valence-corrected chi connectivity index (χ4v) is 3.80. The van der Waals surface area contributed by atoms with Crippen molar-refractivity contribution in [3.05, 3.63) is 29.8 Å². The fraction of sp³-hybridized carbons (Fsp3) is 0.467. The quantitative estimate of drug-likeness (QED) is 0.831. The molecular weight excluding hydrogens is 302 g/mol. The van der Waals surface area contributed by atoms with E-state index in [0.29, 0.717) is 22.8 Å². The Morgan fingerprint density at radius 2 is 2.19 bits per heavy atom. The van der Waals surface area contributed by atoms with E-state index in [9.17, 15) is 4.79 Å². The predicted molar refractivity (Wildman–Crippen MR) is 93.9 cm³/mol. The first kappa shape index (κ1) is 16.3. The van der Waals surface area contributed by atoms with Crippen LogP contribution in [0.15, 0.2) is 24.3 Å². The van der Waals surface area contributed by atoms with Gasteiger partial charge in [0.05, 0.1) is 12.2 Å². The van der Waals surface area contributed by atoms with Crippen LogP contribution in [-0.2, 0) is 4.79 Å². The summed E-state index contributed by atoms with van der Waals surface area (Å²) in [4.78, 5) is 14.7. The van der Waals surface area contributed by atoms with Crippen LogP contribution in [0.4, 0.5) is 5.69 Å². The minimum atomic E-state index is -0.0265. The van der Waals surface area contributed by atoms with E-state index in [1.807, 2.05) is 36.0 Å². The second-order valence-electron chi connectivity index (χ2n) is 5.78. The van der Waals surface area contributed by atoms with Crippen molar-refractivity contribution in [2.24, 2.45) is 5.73 Å². The van der Waals surface area contributed by atoms with E-state index >= 15 is 0 Å². The molecule has 6 heteroatoms. The number of hydrogen-bond donors (Lipinski definition) is 2. The number of benzene rings is 1. The maximum Gasteiger partial charge on any atom is 0.238 e. The zero-order valence-corrected chi connectivity index (χ0v) is 14.0. The average molecular weight is 323 g/mol. The van der Waals surface area contributed by atoms with Crippen molar-refractivity contribution in [2.75, 3.05) is 30.7 Å². The molecule has 1 aliphatic heterocycles. The second kappa shape index (κ2) is 6.77. The third-order valence-corrected chi connectivity index (χ3v) is 4.86. The van der Waals surface area contributed by atoms with Crippen LogP contribution in [0.3, 0.4) is 0 Å². The molecule has 114 valence electrons. The second-order valence-corrected chi connectivity index (χ2v) is 8.02. The Morgan fingerprint density at radius 3 is 2.86 bits per heavy atom. The average Bonchev–Trinajstić information content (AvgIpc) is 2.37. The predicted octanol–water partition coefficient (Wildman–Crippen LogP) is 2.09. The molecule has 0 unspecified atom stereocenters. The number of nitrogens with two attached hydrogens (primary N) is 1. The molecule has 1 aromatic rings. The molecule has 1 aromatic carbocycles. The van der Waals surface area contributed by atoms with Gasteiger partial charge >= 0.3 is 0 Å². The van der Waals surface area contributed by atoms with Gasteiger partial charge in [0.15, 0.2) is 0 Å². The van der Waals surface area contributed by atoms with Crippen molar-refractivity contribution >= 4 is 40.6 Å². The monoisotopic (exact) mass is 323 g/mol. The maximum absolute atomic E-state index is 12.2. The lowest BCUT2D eigenvalue weighted by atomic mass is 10.1. The van der Waals surface area contributed by atoms with Gasteiger partial charge in [-0.15, -0.1) is 0 Å². The highest BCUT2D eigenvalue weighted by atomic mass is 32.2. The molecule has 0 atom stereocenters. The fourth-order valence-electron chi connectivity index (χ4n) is 2.45. The van der Waals surface area contributed by atoms with Crippen molar-refractivity contribution in [1.82, 2.24) is 4.90 Å². The Labute approximate surface area is 135 Å². The van der Waals surface area contributed by atoms with Crippen LogP contribution in [0.1, 0.15) is 19.4 Å². The van der Waals surface area contributed by atoms with Gasteiger partial charge in [-0.2, -0.15) is 11.8 Å². The highest BCUT2D eigenvalue weighted by molar-refractivity contribution is 8.00. The van der Waals surface area contributed by atoms with Gasteiger partial charge in [-0.25, -0.2) is 0 Å². The molecule has 0 spiro atoms. The number of carbonyl (C=O) groups is 1. The first-order chi connectivity index (χ1) is 9.87. The molecule has 4 nitrogen and oxygen atoms in total. The van der Waals surface area contributed by atoms with E-state index in [1.54, 1.807) is 0 Å². The van der Waals surface area contributed by atoms with Crippen LogP contribution in [0, 0.1) is 0 Å². The summed E-state index contributed by atoms with van der Waals surface area (Å²) in [7, 11) is 0. The van der Waals surface area contributed by atoms with Gasteiger partial charge in [-0.05, 0) is 26.0 Å². The lowest BCUT2D eigenvalue weighted by Gasteiger charge is -2.37. The lowest BCUT2D eigenvalue weighted by molar-refractivity contribution is -0.117. The van der Waals surface area contributed by atoms with Crippen molar-refractivity contribution in [1.29, 1.82) is 0 Å². The summed E-state index contributed by atoms with van der Waals surface area (Å²) in [5.74, 6) is 1.03. The van der Waals surface area contributed by atoms with Crippen LogP contribution < -0.4 is 11.1 Å². The molecule has 21 heavy (non-hydrogen) atoms. The molecule has 0 aromatic heterocycles. The summed E-state index contributed by atoms with van der Waals surface area (Å²) in [6.07, 6.45) is 0. The normalized spacial score (nSPS) is 18.2. The molecule has 0 bridgehead atoms. The van der Waals surface area contributed by atoms with Gasteiger partial charge in [0, 0.05) is 29.2 Å². The number of amides is 1. The first-order valence-electron chi connectivity index (χ1n) is 6.92. The van der Waals surface area contributed by atoms with E-state index in [4.69, 9.17) is 18.0 Å². The number of nitrogens with one attached hydrogen (secondary N) is 1. The van der Waals surface area contributed by atoms with Gasteiger partial charge in [0.25, 0.3) is 0 Å². The van der Waals surface area contributed by atoms with E-state index in [1.165, 1.54) is 0 Å². The third kappa shape index (κ3) is 4.69. The van der Waals surface area contributed by atoms with Crippen molar-refractivity contribution < 1.29 is 4.79 Å². The number of nitrogens with zero attached hydrogens (tertiary/aromatic N) is 1. The van der Waals surface area contributed by atoms with Crippen molar-refractivity contribution in [3.8, 4) is 0 Å². The van der Waals surface area contributed by atoms with Crippen LogP contribution in [0.5, 0.6) is 0 Å². The molecule has 2 rings (SSSR count). The maximum atomic E-state index is 12.2. The zero-order chi connectivity index (χ0) is 15.5. The summed E-state index contributed by atoms with van der Waals surface area (Å²) in [5, 5.41) is 2.91. The Balaban J connectivity index is 1.98. The van der Waals surface area contributed by atoms with Crippen LogP contribution in [0.25, 0.3) is 0 Å². The summed E-state index contributed by atoms with van der Waals surface area (Å²) in [5.41, 5.74) is 7.06. The van der Waals surface area contributed by atoms with Crippen LogP contribution in [0.2, 0.25) is 0 Å². The van der Waals surface area contributed by atoms with Crippen LogP contribution >= 0.6 is 24.0 Å². The summed E-state index contributed by atoms with van der Waals surface area (Å²) in [6.45, 7) is 6.68. The Hall–Kier alpha value is -1.11. The molecule has 1 saturated heterocycles. The highest BCUT2D eigenvalue weighted by Crippen LogP contribution is 2.29. The summed E-state index contributed by atoms with van der Waals surface area (Å²) in [6, 6.07) is 7.35. The standard InChI is InChI=1S/C15H21N3OS2/c1-15(2)10-18(7-8-21-15)9-13(19)17-12-6-4-3-5-11(12)14(16)20/h3-6H,7-10H2,1-2H3,(H2,16,20)(H,17,19). The third-order valence-electron chi connectivity index (χ3n) is 3.34. The van der Waals surface area contributed by atoms with Gasteiger partial charge in [0.2, 0.25) is 5.91 Å². The first-order valence-corrected chi connectivity index (χ1v) is 8.32. The largest absolute Gasteiger partial charge is 0.389 e. The summed E-state index contributed by atoms with van der Waals surface area (Å²) < 4.78 is 0.204. The number of carbonyl (C=O) groups excluding carboxylic acids is 1. The van der Waals surface area contributed by atoms with E-state index < -0.39 is 0 Å². The molecule has 1 amide bonds. The van der Waals surface area contributed by atoms with Crippen LogP contribution in [-0.4, -0.2) is 45.9 Å². The minimum absolute atomic E-state index is 0.0265. The number of anilines is 1. The topological polar surface area (TPSA) is 58.4 Å². The van der Waals surface area contributed by atoms with E-state index in [0.717, 1.165) is 18.8 Å². The van der Waals surface area contributed by atoms with Crippen molar-refractivity contribution in [3.63, 3.8) is 0 Å². The molecular formula is C15H21N3OS2. The van der Waals surface area contributed by atoms with E-state index in [2.05, 4.69) is 24.1 Å². The number of rotatable bonds is 4. The molecule has 1 heterocycles. The Morgan fingerprint density at radius 1 is 1.48 bits per heavy atom. The van der Waals surface area contributed by atoms with Gasteiger partial charge in [-0.3, -0.25) is 9.69 Å². The number of hydrogen-bond acceptors (Lipinski definition) is 4. The molecule has 1 fully saturated rings. The smallest absolute Gasteiger partial charge is 0.238 e. The molecule has 1 aliphatic rings. The lowest BCUT2D eigenvalue weighted by Crippen LogP contribution is -2.46. The summed E-state index contributed by atoms with van der Waals surface area (Å²) >= 11 is 6.96. The van der Waals surface area contributed by atoms with Gasteiger partial charge < -0.3 is 11.1 Å². The molecule has 0 radical (unpaired) electrons. The van der Waals surface area contributed by atoms with Gasteiger partial charge in [0.1, 0.15) is 4.99 Å². The molecule has 3 N–H and O–H groups in total. The van der Waals surface area contributed by atoms with Gasteiger partial charge in [-0.1, -0.05) is 24.4 Å². The zero-order valence-electron chi connectivity index (χ0n) is 12.4. The molecule has 0 saturated carbocycles.